The topological polar surface area (TPSA) is 0 Å². The fraction of sp³-hybridized carbons (Fsp3) is 0.116. The third kappa shape index (κ3) is 3.63. The highest BCUT2D eigenvalue weighted by molar-refractivity contribution is 7.13. The normalized spacial score (nSPS) is 18.2. The molecule has 1 aromatic heterocycles. The van der Waals surface area contributed by atoms with Crippen LogP contribution >= 0.6 is 11.3 Å². The predicted octanol–water partition coefficient (Wildman–Crippen LogP) is 12.3. The van der Waals surface area contributed by atoms with Gasteiger partial charge in [-0.05, 0) is 106 Å². The minimum Gasteiger partial charge on any atom is -0.144 e. The van der Waals surface area contributed by atoms with Gasteiger partial charge in [0.1, 0.15) is 0 Å². The monoisotopic (exact) mass is 580 g/mol. The first-order valence-electron chi connectivity index (χ1n) is 15.6. The van der Waals surface area contributed by atoms with Gasteiger partial charge in [0.15, 0.2) is 0 Å². The SMILES string of the molecule is CC1(C)c2cc(-c3c4ccccc4c(-c4ccccc4)c4ccc(-c5cccs5)cc34)c3ccccc3c2C2C=CC=CC21. The van der Waals surface area contributed by atoms with Gasteiger partial charge in [0, 0.05) is 10.8 Å². The second-order valence-electron chi connectivity index (χ2n) is 12.9. The lowest BCUT2D eigenvalue weighted by molar-refractivity contribution is 0.394. The number of benzene rings is 6. The molecule has 2 aliphatic carbocycles. The zero-order chi connectivity index (χ0) is 29.4. The third-order valence-electron chi connectivity index (χ3n) is 10.2. The molecule has 0 fully saturated rings. The molecule has 2 atom stereocenters. The molecule has 0 radical (unpaired) electrons. The van der Waals surface area contributed by atoms with E-state index in [-0.39, 0.29) is 5.41 Å². The first-order chi connectivity index (χ1) is 21.6. The summed E-state index contributed by atoms with van der Waals surface area (Å²) in [5.74, 6) is 0.865. The molecule has 2 aliphatic rings. The van der Waals surface area contributed by atoms with Crippen molar-refractivity contribution in [2.45, 2.75) is 25.2 Å². The van der Waals surface area contributed by atoms with Gasteiger partial charge in [-0.15, -0.1) is 11.3 Å². The summed E-state index contributed by atoms with van der Waals surface area (Å²) in [6, 6.07) is 43.2. The van der Waals surface area contributed by atoms with Crippen LogP contribution in [-0.4, -0.2) is 0 Å². The van der Waals surface area contributed by atoms with E-state index in [1.165, 1.54) is 76.1 Å². The molecule has 0 aliphatic heterocycles. The highest BCUT2D eigenvalue weighted by Gasteiger charge is 2.45. The minimum atomic E-state index is 0.0256. The zero-order valence-electron chi connectivity index (χ0n) is 24.9. The molecule has 0 N–H and O–H groups in total. The number of rotatable bonds is 3. The molecule has 2 unspecified atom stereocenters. The highest BCUT2D eigenvalue weighted by Crippen LogP contribution is 2.57. The van der Waals surface area contributed by atoms with Gasteiger partial charge in [-0.3, -0.25) is 0 Å². The summed E-state index contributed by atoms with van der Waals surface area (Å²) < 4.78 is 0. The molecule has 1 heteroatoms. The van der Waals surface area contributed by atoms with Crippen molar-refractivity contribution >= 4 is 43.7 Å². The Labute approximate surface area is 262 Å². The van der Waals surface area contributed by atoms with E-state index in [0.29, 0.717) is 11.8 Å². The van der Waals surface area contributed by atoms with Crippen molar-refractivity contribution in [3.05, 3.63) is 156 Å². The van der Waals surface area contributed by atoms with Gasteiger partial charge >= 0.3 is 0 Å². The van der Waals surface area contributed by atoms with E-state index in [2.05, 4.69) is 159 Å². The Morgan fingerprint density at radius 1 is 0.545 bits per heavy atom. The van der Waals surface area contributed by atoms with E-state index >= 15 is 0 Å². The van der Waals surface area contributed by atoms with Gasteiger partial charge < -0.3 is 0 Å². The summed E-state index contributed by atoms with van der Waals surface area (Å²) in [5.41, 5.74) is 9.53. The van der Waals surface area contributed by atoms with Gasteiger partial charge in [-0.1, -0.05) is 135 Å². The summed E-state index contributed by atoms with van der Waals surface area (Å²) >= 11 is 1.81. The van der Waals surface area contributed by atoms with E-state index < -0.39 is 0 Å². The Kier molecular flexibility index (Phi) is 5.64. The van der Waals surface area contributed by atoms with Gasteiger partial charge in [-0.2, -0.15) is 0 Å². The fourth-order valence-corrected chi connectivity index (χ4v) is 8.95. The van der Waals surface area contributed by atoms with Crippen LogP contribution in [0.25, 0.3) is 65.0 Å². The van der Waals surface area contributed by atoms with E-state index in [1.54, 1.807) is 0 Å². The fourth-order valence-electron chi connectivity index (χ4n) is 8.23. The lowest BCUT2D eigenvalue weighted by Crippen LogP contribution is -2.24. The van der Waals surface area contributed by atoms with E-state index in [0.717, 1.165) is 0 Å². The molecule has 7 aromatic rings. The van der Waals surface area contributed by atoms with E-state index in [9.17, 15) is 0 Å². The van der Waals surface area contributed by atoms with E-state index in [4.69, 9.17) is 0 Å². The largest absolute Gasteiger partial charge is 0.144 e. The number of allylic oxidation sites excluding steroid dienone is 4. The standard InChI is InChI=1S/C43H32S/c1-43(2)37-20-11-10-19-34(37)42-30-16-7-6-15-29(30)36(26-38(42)43)41-32-18-9-8-17-31(32)40(27-13-4-3-5-14-27)33-23-22-28(25-35(33)41)39-21-12-24-44-39/h3-26,34,37H,1-2H3. The molecule has 9 rings (SSSR count). The van der Waals surface area contributed by atoms with Crippen LogP contribution in [0.3, 0.4) is 0 Å². The Morgan fingerprint density at radius 2 is 1.23 bits per heavy atom. The second-order valence-corrected chi connectivity index (χ2v) is 13.8. The number of hydrogen-bond acceptors (Lipinski definition) is 1. The minimum absolute atomic E-state index is 0.0256. The quantitative estimate of drug-likeness (QED) is 0.182. The zero-order valence-corrected chi connectivity index (χ0v) is 25.7. The van der Waals surface area contributed by atoms with Crippen LogP contribution < -0.4 is 0 Å². The molecular formula is C43H32S. The van der Waals surface area contributed by atoms with Crippen LogP contribution in [-0.2, 0) is 5.41 Å². The van der Waals surface area contributed by atoms with Crippen molar-refractivity contribution in [1.82, 2.24) is 0 Å². The van der Waals surface area contributed by atoms with E-state index in [1.807, 2.05) is 11.3 Å². The summed E-state index contributed by atoms with van der Waals surface area (Å²) in [5, 5.41) is 10.1. The second kappa shape index (κ2) is 9.64. The van der Waals surface area contributed by atoms with Crippen LogP contribution in [0.4, 0.5) is 0 Å². The molecule has 0 saturated carbocycles. The molecule has 0 bridgehead atoms. The van der Waals surface area contributed by atoms with Crippen molar-refractivity contribution in [3.8, 4) is 32.7 Å². The maximum absolute atomic E-state index is 2.57. The molecule has 0 spiro atoms. The van der Waals surface area contributed by atoms with Gasteiger partial charge in [0.25, 0.3) is 0 Å². The van der Waals surface area contributed by atoms with Crippen LogP contribution in [0.2, 0.25) is 0 Å². The van der Waals surface area contributed by atoms with Crippen molar-refractivity contribution in [2.24, 2.45) is 5.92 Å². The molecule has 0 amide bonds. The van der Waals surface area contributed by atoms with Gasteiger partial charge in [0.2, 0.25) is 0 Å². The first kappa shape index (κ1) is 25.7. The van der Waals surface area contributed by atoms with Crippen molar-refractivity contribution in [1.29, 1.82) is 0 Å². The van der Waals surface area contributed by atoms with Crippen LogP contribution in [0, 0.1) is 5.92 Å². The number of hydrogen-bond donors (Lipinski definition) is 0. The molecule has 210 valence electrons. The average Bonchev–Trinajstić information content (AvgIpc) is 3.69. The van der Waals surface area contributed by atoms with Gasteiger partial charge in [0.05, 0.1) is 0 Å². The molecule has 6 aromatic carbocycles. The molecule has 44 heavy (non-hydrogen) atoms. The number of thiophene rings is 1. The molecule has 0 saturated heterocycles. The summed E-state index contributed by atoms with van der Waals surface area (Å²) in [6.07, 6.45) is 9.35. The Morgan fingerprint density at radius 3 is 2.00 bits per heavy atom. The summed E-state index contributed by atoms with van der Waals surface area (Å²) in [7, 11) is 0. The lowest BCUT2D eigenvalue weighted by atomic mass is 9.74. The molecule has 0 nitrogen and oxygen atoms in total. The lowest BCUT2D eigenvalue weighted by Gasteiger charge is -2.29. The molecule has 1 heterocycles. The first-order valence-corrected chi connectivity index (χ1v) is 16.5. The van der Waals surface area contributed by atoms with Crippen molar-refractivity contribution in [3.63, 3.8) is 0 Å². The maximum atomic E-state index is 2.57. The van der Waals surface area contributed by atoms with Crippen LogP contribution in [0.15, 0.2) is 145 Å². The predicted molar refractivity (Wildman–Crippen MR) is 191 cm³/mol. The average molecular weight is 581 g/mol. The third-order valence-corrected chi connectivity index (χ3v) is 11.2. The smallest absolute Gasteiger partial charge is 0.0342 e. The highest BCUT2D eigenvalue weighted by atomic mass is 32.1. The Balaban J connectivity index is 1.47. The Bertz CT molecular complexity index is 2300. The maximum Gasteiger partial charge on any atom is 0.0342 e. The van der Waals surface area contributed by atoms with Crippen LogP contribution in [0.1, 0.15) is 30.9 Å². The molecular weight excluding hydrogens is 549 g/mol. The van der Waals surface area contributed by atoms with Gasteiger partial charge in [-0.25, -0.2) is 0 Å². The summed E-state index contributed by atoms with van der Waals surface area (Å²) in [4.78, 5) is 1.30. The van der Waals surface area contributed by atoms with Crippen molar-refractivity contribution < 1.29 is 0 Å². The Hall–Kier alpha value is -4.72. The number of fused-ring (bicyclic) bond motifs is 7. The van der Waals surface area contributed by atoms with Crippen molar-refractivity contribution in [2.75, 3.05) is 0 Å². The summed E-state index contributed by atoms with van der Waals surface area (Å²) in [6.45, 7) is 4.89. The van der Waals surface area contributed by atoms with Crippen LogP contribution in [0.5, 0.6) is 0 Å².